The molecule has 3 rings (SSSR count). The van der Waals surface area contributed by atoms with E-state index < -0.39 is 24.4 Å². The van der Waals surface area contributed by atoms with E-state index in [9.17, 15) is 19.2 Å². The lowest BCUT2D eigenvalue weighted by Crippen LogP contribution is -2.47. The second-order valence-corrected chi connectivity index (χ2v) is 7.06. The van der Waals surface area contributed by atoms with Gasteiger partial charge in [-0.3, -0.25) is 24.3 Å². The van der Waals surface area contributed by atoms with E-state index in [1.165, 1.54) is 6.08 Å². The SMILES string of the molecule is C=CCN1C(=O)C(=O)N(CC(=O)N(Cc2ccccn2)C2CCCNCC2)C1=O. The minimum Gasteiger partial charge on any atom is -0.332 e. The van der Waals surface area contributed by atoms with Crippen LogP contribution >= 0.6 is 0 Å². The van der Waals surface area contributed by atoms with E-state index in [1.807, 2.05) is 12.1 Å². The summed E-state index contributed by atoms with van der Waals surface area (Å²) in [6.07, 6.45) is 5.52. The Balaban J connectivity index is 1.78. The molecule has 3 heterocycles. The maximum absolute atomic E-state index is 13.2. The number of amides is 5. The zero-order valence-corrected chi connectivity index (χ0v) is 16.2. The molecule has 5 amide bonds. The third-order valence-electron chi connectivity index (χ3n) is 5.10. The van der Waals surface area contributed by atoms with Crippen LogP contribution in [0.4, 0.5) is 4.79 Å². The monoisotopic (exact) mass is 399 g/mol. The van der Waals surface area contributed by atoms with Gasteiger partial charge in [0.05, 0.1) is 12.2 Å². The second-order valence-electron chi connectivity index (χ2n) is 7.06. The van der Waals surface area contributed by atoms with E-state index in [0.717, 1.165) is 42.9 Å². The van der Waals surface area contributed by atoms with Crippen molar-refractivity contribution >= 4 is 23.8 Å². The van der Waals surface area contributed by atoms with Crippen LogP contribution in [0.2, 0.25) is 0 Å². The van der Waals surface area contributed by atoms with Crippen molar-refractivity contribution in [2.45, 2.75) is 31.8 Å². The number of hydrogen-bond acceptors (Lipinski definition) is 6. The number of carbonyl (C=O) groups excluding carboxylic acids is 4. The van der Waals surface area contributed by atoms with Gasteiger partial charge >= 0.3 is 17.8 Å². The van der Waals surface area contributed by atoms with Gasteiger partial charge in [0.2, 0.25) is 5.91 Å². The van der Waals surface area contributed by atoms with Gasteiger partial charge in [-0.25, -0.2) is 9.69 Å². The highest BCUT2D eigenvalue weighted by atomic mass is 16.2. The number of carbonyl (C=O) groups is 4. The molecule has 154 valence electrons. The molecule has 2 saturated heterocycles. The number of hydrogen-bond donors (Lipinski definition) is 1. The molecule has 1 atom stereocenters. The molecule has 9 heteroatoms. The fourth-order valence-corrected chi connectivity index (χ4v) is 3.61. The van der Waals surface area contributed by atoms with Crippen LogP contribution in [-0.2, 0) is 20.9 Å². The van der Waals surface area contributed by atoms with Gasteiger partial charge in [0.15, 0.2) is 0 Å². The van der Waals surface area contributed by atoms with Crippen molar-refractivity contribution in [1.29, 1.82) is 0 Å². The highest BCUT2D eigenvalue weighted by Crippen LogP contribution is 2.19. The molecule has 0 radical (unpaired) electrons. The number of aromatic nitrogens is 1. The highest BCUT2D eigenvalue weighted by molar-refractivity contribution is 6.45. The smallest absolute Gasteiger partial charge is 0.332 e. The van der Waals surface area contributed by atoms with Crippen LogP contribution in [0.3, 0.4) is 0 Å². The van der Waals surface area contributed by atoms with Gasteiger partial charge in [-0.05, 0) is 44.5 Å². The van der Waals surface area contributed by atoms with Crippen LogP contribution in [0.1, 0.15) is 25.0 Å². The first-order valence-corrected chi connectivity index (χ1v) is 9.71. The minimum absolute atomic E-state index is 0.0349. The van der Waals surface area contributed by atoms with Crippen molar-refractivity contribution in [3.05, 3.63) is 42.7 Å². The minimum atomic E-state index is -0.981. The lowest BCUT2D eigenvalue weighted by Gasteiger charge is -2.32. The molecule has 1 aromatic heterocycles. The van der Waals surface area contributed by atoms with Gasteiger partial charge in [-0.15, -0.1) is 6.58 Å². The summed E-state index contributed by atoms with van der Waals surface area (Å²) in [6, 6.07) is 4.66. The van der Waals surface area contributed by atoms with E-state index in [1.54, 1.807) is 17.2 Å². The molecule has 1 unspecified atom stereocenters. The Morgan fingerprint density at radius 1 is 1.21 bits per heavy atom. The van der Waals surface area contributed by atoms with Crippen molar-refractivity contribution in [2.24, 2.45) is 0 Å². The molecule has 9 nitrogen and oxygen atoms in total. The molecular formula is C20H25N5O4. The first kappa shape index (κ1) is 20.7. The van der Waals surface area contributed by atoms with Crippen LogP contribution in [-0.4, -0.2) is 75.7 Å². The van der Waals surface area contributed by atoms with Crippen molar-refractivity contribution in [3.63, 3.8) is 0 Å². The van der Waals surface area contributed by atoms with E-state index in [2.05, 4.69) is 16.9 Å². The molecule has 1 aromatic rings. The molecule has 0 saturated carbocycles. The first-order valence-electron chi connectivity index (χ1n) is 9.71. The topological polar surface area (TPSA) is 103 Å². The summed E-state index contributed by atoms with van der Waals surface area (Å²) < 4.78 is 0. The lowest BCUT2D eigenvalue weighted by atomic mass is 10.1. The van der Waals surface area contributed by atoms with Gasteiger partial charge < -0.3 is 10.2 Å². The summed E-state index contributed by atoms with van der Waals surface area (Å²) in [5.41, 5.74) is 0.724. The van der Waals surface area contributed by atoms with Crippen LogP contribution in [0.5, 0.6) is 0 Å². The van der Waals surface area contributed by atoms with E-state index in [-0.39, 0.29) is 25.0 Å². The van der Waals surface area contributed by atoms with Gasteiger partial charge in [-0.1, -0.05) is 12.1 Å². The average molecular weight is 399 g/mol. The Labute approximate surface area is 169 Å². The first-order chi connectivity index (χ1) is 14.0. The quantitative estimate of drug-likeness (QED) is 0.408. The Morgan fingerprint density at radius 3 is 2.72 bits per heavy atom. The van der Waals surface area contributed by atoms with Crippen LogP contribution in [0.25, 0.3) is 0 Å². The van der Waals surface area contributed by atoms with E-state index in [0.29, 0.717) is 4.90 Å². The van der Waals surface area contributed by atoms with Gasteiger partial charge in [0.25, 0.3) is 0 Å². The van der Waals surface area contributed by atoms with Gasteiger partial charge in [0.1, 0.15) is 6.54 Å². The number of nitrogens with one attached hydrogen (secondary N) is 1. The summed E-state index contributed by atoms with van der Waals surface area (Å²) in [5, 5.41) is 3.31. The molecule has 29 heavy (non-hydrogen) atoms. The highest BCUT2D eigenvalue weighted by Gasteiger charge is 2.45. The molecule has 0 bridgehead atoms. The number of rotatable bonds is 7. The Hall–Kier alpha value is -3.07. The lowest BCUT2D eigenvalue weighted by molar-refractivity contribution is -0.145. The molecule has 2 aliphatic rings. The van der Waals surface area contributed by atoms with Crippen LogP contribution in [0, 0.1) is 0 Å². The standard InChI is InChI=1S/C20H25N5O4/c1-2-12-23-18(27)19(28)25(20(23)29)14-17(26)24(13-15-6-3-4-10-22-15)16-7-5-9-21-11-8-16/h2-4,6,10,16,21H,1,5,7-9,11-14H2. The molecule has 0 spiro atoms. The average Bonchev–Trinajstić information content (AvgIpc) is 2.95. The van der Waals surface area contributed by atoms with Crippen LogP contribution < -0.4 is 5.32 Å². The fraction of sp³-hybridized carbons (Fsp3) is 0.450. The largest absolute Gasteiger partial charge is 0.335 e. The summed E-state index contributed by atoms with van der Waals surface area (Å²) in [6.45, 7) is 4.90. The van der Waals surface area contributed by atoms with Gasteiger partial charge in [0, 0.05) is 18.8 Å². The zero-order valence-electron chi connectivity index (χ0n) is 16.2. The summed E-state index contributed by atoms with van der Waals surface area (Å²) in [5.74, 6) is -2.29. The van der Waals surface area contributed by atoms with Gasteiger partial charge in [-0.2, -0.15) is 0 Å². The van der Waals surface area contributed by atoms with Crippen LogP contribution in [0.15, 0.2) is 37.1 Å². The second kappa shape index (κ2) is 9.42. The van der Waals surface area contributed by atoms with E-state index in [4.69, 9.17) is 0 Å². The molecule has 2 aliphatic heterocycles. The summed E-state index contributed by atoms with van der Waals surface area (Å²) in [4.78, 5) is 57.3. The van der Waals surface area contributed by atoms with E-state index >= 15 is 0 Å². The Kier molecular flexibility index (Phi) is 6.71. The summed E-state index contributed by atoms with van der Waals surface area (Å²) >= 11 is 0. The van der Waals surface area contributed by atoms with Crippen molar-refractivity contribution in [1.82, 2.24) is 25.0 Å². The third kappa shape index (κ3) is 4.68. The molecule has 0 aliphatic carbocycles. The number of nitrogens with zero attached hydrogens (tertiary/aromatic N) is 4. The molecule has 0 aromatic carbocycles. The molecular weight excluding hydrogens is 374 g/mol. The third-order valence-corrected chi connectivity index (χ3v) is 5.10. The summed E-state index contributed by atoms with van der Waals surface area (Å²) in [7, 11) is 0. The fourth-order valence-electron chi connectivity index (χ4n) is 3.61. The number of pyridine rings is 1. The number of urea groups is 1. The van der Waals surface area contributed by atoms with Crippen molar-refractivity contribution in [2.75, 3.05) is 26.2 Å². The van der Waals surface area contributed by atoms with Crippen molar-refractivity contribution in [3.8, 4) is 0 Å². The normalized spacial score (nSPS) is 20.0. The zero-order chi connectivity index (χ0) is 20.8. The molecule has 1 N–H and O–H groups in total. The number of imide groups is 2. The Bertz CT molecular complexity index is 789. The Morgan fingerprint density at radius 2 is 2.00 bits per heavy atom. The maximum Gasteiger partial charge on any atom is 0.335 e. The maximum atomic E-state index is 13.2. The predicted octanol–water partition coefficient (Wildman–Crippen LogP) is 0.529. The molecule has 2 fully saturated rings. The van der Waals surface area contributed by atoms with Crippen molar-refractivity contribution < 1.29 is 19.2 Å². The predicted molar refractivity (Wildman–Crippen MR) is 104 cm³/mol.